The van der Waals surface area contributed by atoms with Crippen molar-refractivity contribution in [2.45, 2.75) is 38.6 Å². The Labute approximate surface area is 118 Å². The number of rotatable bonds is 2. The van der Waals surface area contributed by atoms with Crippen molar-refractivity contribution in [3.63, 3.8) is 0 Å². The molecule has 0 aromatic heterocycles. The van der Waals surface area contributed by atoms with E-state index in [9.17, 15) is 4.79 Å². The number of hydrogen-bond acceptors (Lipinski definition) is 1. The summed E-state index contributed by atoms with van der Waals surface area (Å²) < 4.78 is 0. The molecular formula is C14H17Cl2NO. The van der Waals surface area contributed by atoms with Crippen LogP contribution in [0.4, 0.5) is 0 Å². The summed E-state index contributed by atoms with van der Waals surface area (Å²) in [4.78, 5) is 12.1. The number of hydrogen-bond donors (Lipinski definition) is 1. The number of carbonyl (C=O) groups excluding carboxylic acids is 1. The van der Waals surface area contributed by atoms with Gasteiger partial charge in [-0.05, 0) is 37.0 Å². The third-order valence-corrected chi connectivity index (χ3v) is 4.19. The summed E-state index contributed by atoms with van der Waals surface area (Å²) >= 11 is 11.7. The minimum Gasteiger partial charge on any atom is -0.349 e. The summed E-state index contributed by atoms with van der Waals surface area (Å²) in [5.41, 5.74) is 0.572. The molecule has 98 valence electrons. The lowest BCUT2D eigenvalue weighted by atomic mass is 9.87. The summed E-state index contributed by atoms with van der Waals surface area (Å²) in [6, 6.07) is 5.26. The molecule has 1 aliphatic rings. The molecule has 1 aromatic carbocycles. The first-order valence-corrected chi connectivity index (χ1v) is 7.08. The normalized spacial score (nSPS) is 23.7. The lowest BCUT2D eigenvalue weighted by Gasteiger charge is -2.27. The zero-order chi connectivity index (χ0) is 13.1. The Morgan fingerprint density at radius 2 is 2.06 bits per heavy atom. The zero-order valence-electron chi connectivity index (χ0n) is 10.4. The van der Waals surface area contributed by atoms with Gasteiger partial charge in [0, 0.05) is 11.6 Å². The van der Waals surface area contributed by atoms with Crippen LogP contribution in [0.1, 0.15) is 43.0 Å². The molecule has 0 heterocycles. The fraction of sp³-hybridized carbons (Fsp3) is 0.500. The van der Waals surface area contributed by atoms with Gasteiger partial charge >= 0.3 is 0 Å². The first-order chi connectivity index (χ1) is 8.56. The summed E-state index contributed by atoms with van der Waals surface area (Å²) in [6.07, 6.45) is 4.58. The average molecular weight is 286 g/mol. The van der Waals surface area contributed by atoms with Gasteiger partial charge in [-0.15, -0.1) is 0 Å². The smallest absolute Gasteiger partial charge is 0.251 e. The van der Waals surface area contributed by atoms with Crippen molar-refractivity contribution >= 4 is 29.1 Å². The Balaban J connectivity index is 2.00. The largest absolute Gasteiger partial charge is 0.349 e. The van der Waals surface area contributed by atoms with Crippen molar-refractivity contribution in [2.75, 3.05) is 0 Å². The number of amides is 1. The Hall–Kier alpha value is -0.730. The van der Waals surface area contributed by atoms with Crippen LogP contribution in [-0.4, -0.2) is 11.9 Å². The average Bonchev–Trinajstić information content (AvgIpc) is 2.32. The van der Waals surface area contributed by atoms with Crippen molar-refractivity contribution in [2.24, 2.45) is 5.92 Å². The second kappa shape index (κ2) is 5.94. The van der Waals surface area contributed by atoms with Crippen molar-refractivity contribution in [3.05, 3.63) is 33.8 Å². The van der Waals surface area contributed by atoms with Crippen molar-refractivity contribution < 1.29 is 4.79 Å². The number of halogens is 2. The fourth-order valence-corrected chi connectivity index (χ4v) is 2.77. The molecule has 0 radical (unpaired) electrons. The van der Waals surface area contributed by atoms with E-state index in [1.54, 1.807) is 18.2 Å². The Kier molecular flexibility index (Phi) is 4.52. The molecule has 2 rings (SSSR count). The number of carbonyl (C=O) groups is 1. The molecule has 0 spiro atoms. The van der Waals surface area contributed by atoms with Crippen LogP contribution in [0.2, 0.25) is 10.0 Å². The molecule has 2 unspecified atom stereocenters. The van der Waals surface area contributed by atoms with Gasteiger partial charge in [0.2, 0.25) is 0 Å². The van der Waals surface area contributed by atoms with E-state index in [1.165, 1.54) is 12.8 Å². The molecule has 4 heteroatoms. The molecule has 1 aliphatic carbocycles. The van der Waals surface area contributed by atoms with E-state index in [0.29, 0.717) is 21.5 Å². The summed E-state index contributed by atoms with van der Waals surface area (Å²) in [6.45, 7) is 2.23. The van der Waals surface area contributed by atoms with E-state index in [0.717, 1.165) is 12.8 Å². The van der Waals surface area contributed by atoms with Gasteiger partial charge in [0.25, 0.3) is 5.91 Å². The molecule has 1 aromatic rings. The monoisotopic (exact) mass is 285 g/mol. The van der Waals surface area contributed by atoms with Crippen molar-refractivity contribution in [1.29, 1.82) is 0 Å². The standard InChI is InChI=1S/C14H17Cl2NO/c1-9-3-2-4-11(7-9)17-14(18)10-5-6-12(15)13(16)8-10/h5-6,8-9,11H,2-4,7H2,1H3,(H,17,18). The van der Waals surface area contributed by atoms with Crippen LogP contribution in [0.25, 0.3) is 0 Å². The third-order valence-electron chi connectivity index (χ3n) is 3.45. The quantitative estimate of drug-likeness (QED) is 0.862. The summed E-state index contributed by atoms with van der Waals surface area (Å²) in [7, 11) is 0. The van der Waals surface area contributed by atoms with Gasteiger partial charge in [-0.1, -0.05) is 43.0 Å². The predicted octanol–water partition coefficient (Wildman–Crippen LogP) is 4.30. The van der Waals surface area contributed by atoms with Gasteiger partial charge in [-0.3, -0.25) is 4.79 Å². The highest BCUT2D eigenvalue weighted by atomic mass is 35.5. The molecule has 18 heavy (non-hydrogen) atoms. The topological polar surface area (TPSA) is 29.1 Å². The summed E-state index contributed by atoms with van der Waals surface area (Å²) in [5, 5.41) is 3.96. The van der Waals surface area contributed by atoms with Crippen LogP contribution < -0.4 is 5.32 Å². The van der Waals surface area contributed by atoms with Gasteiger partial charge in [0.05, 0.1) is 10.0 Å². The fourth-order valence-electron chi connectivity index (χ4n) is 2.47. The Morgan fingerprint density at radius 1 is 1.28 bits per heavy atom. The van der Waals surface area contributed by atoms with E-state index >= 15 is 0 Å². The van der Waals surface area contributed by atoms with Gasteiger partial charge in [0.1, 0.15) is 0 Å². The van der Waals surface area contributed by atoms with Crippen LogP contribution >= 0.6 is 23.2 Å². The lowest BCUT2D eigenvalue weighted by molar-refractivity contribution is 0.0921. The van der Waals surface area contributed by atoms with Gasteiger partial charge < -0.3 is 5.32 Å². The minimum atomic E-state index is -0.0623. The molecule has 0 saturated heterocycles. The number of benzene rings is 1. The second-order valence-electron chi connectivity index (χ2n) is 5.07. The first kappa shape index (κ1) is 13.7. The number of nitrogens with one attached hydrogen (secondary N) is 1. The summed E-state index contributed by atoms with van der Waals surface area (Å²) in [5.74, 6) is 0.630. The van der Waals surface area contributed by atoms with E-state index in [4.69, 9.17) is 23.2 Å². The maximum atomic E-state index is 12.1. The highest BCUT2D eigenvalue weighted by molar-refractivity contribution is 6.42. The second-order valence-corrected chi connectivity index (χ2v) is 5.89. The molecule has 0 aliphatic heterocycles. The molecule has 0 bridgehead atoms. The highest BCUT2D eigenvalue weighted by Gasteiger charge is 2.21. The van der Waals surface area contributed by atoms with E-state index in [1.807, 2.05) is 0 Å². The molecule has 2 nitrogen and oxygen atoms in total. The van der Waals surface area contributed by atoms with Gasteiger partial charge in [0.15, 0.2) is 0 Å². The van der Waals surface area contributed by atoms with Crippen molar-refractivity contribution in [1.82, 2.24) is 5.32 Å². The van der Waals surface area contributed by atoms with Crippen LogP contribution in [-0.2, 0) is 0 Å². The molecule has 1 fully saturated rings. The van der Waals surface area contributed by atoms with Crippen LogP contribution in [0, 0.1) is 5.92 Å². The van der Waals surface area contributed by atoms with Crippen LogP contribution in [0.15, 0.2) is 18.2 Å². The predicted molar refractivity (Wildman–Crippen MR) is 75.3 cm³/mol. The zero-order valence-corrected chi connectivity index (χ0v) is 11.9. The Bertz CT molecular complexity index is 447. The lowest BCUT2D eigenvalue weighted by Crippen LogP contribution is -2.37. The molecule has 1 N–H and O–H groups in total. The van der Waals surface area contributed by atoms with E-state index in [2.05, 4.69) is 12.2 Å². The molecule has 2 atom stereocenters. The van der Waals surface area contributed by atoms with E-state index in [-0.39, 0.29) is 11.9 Å². The van der Waals surface area contributed by atoms with E-state index < -0.39 is 0 Å². The molecule has 1 saturated carbocycles. The third kappa shape index (κ3) is 3.39. The molecular weight excluding hydrogens is 269 g/mol. The van der Waals surface area contributed by atoms with Crippen LogP contribution in [0.5, 0.6) is 0 Å². The van der Waals surface area contributed by atoms with Gasteiger partial charge in [-0.2, -0.15) is 0 Å². The first-order valence-electron chi connectivity index (χ1n) is 6.32. The van der Waals surface area contributed by atoms with Gasteiger partial charge in [-0.25, -0.2) is 0 Å². The van der Waals surface area contributed by atoms with Crippen molar-refractivity contribution in [3.8, 4) is 0 Å². The highest BCUT2D eigenvalue weighted by Crippen LogP contribution is 2.25. The molecule has 1 amide bonds. The maximum Gasteiger partial charge on any atom is 0.251 e. The maximum absolute atomic E-state index is 12.1. The minimum absolute atomic E-state index is 0.0623. The SMILES string of the molecule is CC1CCCC(NC(=O)c2ccc(Cl)c(Cl)c2)C1. The Morgan fingerprint density at radius 3 is 2.72 bits per heavy atom. The van der Waals surface area contributed by atoms with Crippen LogP contribution in [0.3, 0.4) is 0 Å².